The van der Waals surface area contributed by atoms with Crippen LogP contribution in [0.3, 0.4) is 0 Å². The largest absolute Gasteiger partial charge is 0.452 e. The van der Waals surface area contributed by atoms with Gasteiger partial charge in [0.2, 0.25) is 0 Å². The Morgan fingerprint density at radius 1 is 1.10 bits per heavy atom. The van der Waals surface area contributed by atoms with Crippen molar-refractivity contribution < 1.29 is 19.1 Å². The number of anilines is 1. The number of carbonyl (C=O) groups excluding carboxylic acids is 3. The quantitative estimate of drug-likeness (QED) is 0.326. The highest BCUT2D eigenvalue weighted by Gasteiger charge is 2.13. The van der Waals surface area contributed by atoms with Crippen LogP contribution in [0.2, 0.25) is 0 Å². The lowest BCUT2D eigenvalue weighted by Crippen LogP contribution is -2.22. The van der Waals surface area contributed by atoms with Crippen LogP contribution in [0, 0.1) is 0 Å². The minimum atomic E-state index is -0.587. The number of benzene rings is 2. The van der Waals surface area contributed by atoms with E-state index in [1.807, 2.05) is 17.5 Å². The second-order valence-corrected chi connectivity index (χ2v) is 7.79. The molecule has 0 saturated carbocycles. The van der Waals surface area contributed by atoms with Gasteiger partial charge < -0.3 is 10.1 Å². The van der Waals surface area contributed by atoms with Gasteiger partial charge in [-0.2, -0.15) is 0 Å². The predicted molar refractivity (Wildman–Crippen MR) is 113 cm³/mol. The first kappa shape index (κ1) is 20.8. The molecule has 0 fully saturated rings. The molecule has 2 aromatic carbocycles. The normalized spacial score (nSPS) is 10.4. The van der Waals surface area contributed by atoms with Gasteiger partial charge in [0.1, 0.15) is 0 Å². The van der Waals surface area contributed by atoms with Gasteiger partial charge in [-0.3, -0.25) is 9.59 Å². The number of rotatable bonds is 8. The van der Waals surface area contributed by atoms with Gasteiger partial charge in [-0.15, -0.1) is 23.1 Å². The molecule has 6 nitrogen and oxygen atoms in total. The molecule has 0 saturated heterocycles. The molecule has 0 bridgehead atoms. The molecule has 1 amide bonds. The number of Topliss-reactive ketones (excluding diaryl/α,β-unsaturated/α-hetero) is 1. The molecule has 1 heterocycles. The van der Waals surface area contributed by atoms with E-state index in [4.69, 9.17) is 4.74 Å². The van der Waals surface area contributed by atoms with E-state index in [9.17, 15) is 14.4 Å². The van der Waals surface area contributed by atoms with E-state index in [2.05, 4.69) is 10.3 Å². The van der Waals surface area contributed by atoms with Crippen molar-refractivity contribution in [3.05, 3.63) is 76.2 Å². The molecule has 3 aromatic rings. The summed E-state index contributed by atoms with van der Waals surface area (Å²) >= 11 is 3.18. The Morgan fingerprint density at radius 2 is 1.86 bits per heavy atom. The van der Waals surface area contributed by atoms with E-state index < -0.39 is 18.5 Å². The van der Waals surface area contributed by atoms with E-state index >= 15 is 0 Å². The Labute approximate surface area is 176 Å². The third kappa shape index (κ3) is 6.00. The Morgan fingerprint density at radius 3 is 2.55 bits per heavy atom. The lowest BCUT2D eigenvalue weighted by molar-refractivity contribution is -0.119. The first-order valence-electron chi connectivity index (χ1n) is 8.70. The molecular weight excluding hydrogens is 408 g/mol. The molecule has 1 aromatic heterocycles. The summed E-state index contributed by atoms with van der Waals surface area (Å²) in [5.74, 6) is -0.501. The van der Waals surface area contributed by atoms with Crippen molar-refractivity contribution in [1.29, 1.82) is 0 Å². The maximum atomic E-state index is 12.2. The van der Waals surface area contributed by atoms with Crippen LogP contribution in [0.5, 0.6) is 0 Å². The Bertz CT molecular complexity index is 1000. The fourth-order valence-corrected chi connectivity index (χ4v) is 3.92. The number of carbonyl (C=O) groups is 3. The van der Waals surface area contributed by atoms with Crippen molar-refractivity contribution in [3.8, 4) is 0 Å². The van der Waals surface area contributed by atoms with Crippen LogP contribution in [0.4, 0.5) is 5.69 Å². The summed E-state index contributed by atoms with van der Waals surface area (Å²) in [6, 6.07) is 13.7. The lowest BCUT2D eigenvalue weighted by Gasteiger charge is -2.09. The van der Waals surface area contributed by atoms with Crippen molar-refractivity contribution >= 4 is 46.4 Å². The molecule has 0 radical (unpaired) electrons. The molecule has 0 aliphatic heterocycles. The van der Waals surface area contributed by atoms with Crippen molar-refractivity contribution in [2.45, 2.75) is 17.6 Å². The number of amides is 1. The average Bonchev–Trinajstić information content (AvgIpc) is 3.25. The lowest BCUT2D eigenvalue weighted by atomic mass is 10.1. The van der Waals surface area contributed by atoms with Gasteiger partial charge in [0.15, 0.2) is 12.4 Å². The summed E-state index contributed by atoms with van der Waals surface area (Å²) in [7, 11) is 0. The van der Waals surface area contributed by atoms with Gasteiger partial charge >= 0.3 is 5.97 Å². The van der Waals surface area contributed by atoms with Crippen LogP contribution in [-0.4, -0.2) is 29.3 Å². The fourth-order valence-electron chi connectivity index (χ4n) is 2.45. The molecule has 0 aliphatic carbocycles. The molecular formula is C21H18N2O4S2. The monoisotopic (exact) mass is 426 g/mol. The zero-order valence-electron chi connectivity index (χ0n) is 15.6. The van der Waals surface area contributed by atoms with Gasteiger partial charge in [0, 0.05) is 21.6 Å². The number of hydrogen-bond acceptors (Lipinski definition) is 7. The summed E-state index contributed by atoms with van der Waals surface area (Å²) < 4.78 is 5.07. The molecule has 148 valence electrons. The van der Waals surface area contributed by atoms with Crippen LogP contribution in [-0.2, 0) is 15.3 Å². The van der Waals surface area contributed by atoms with E-state index in [1.165, 1.54) is 6.92 Å². The molecule has 29 heavy (non-hydrogen) atoms. The Balaban J connectivity index is 1.50. The van der Waals surface area contributed by atoms with E-state index in [-0.39, 0.29) is 5.78 Å². The Hall–Kier alpha value is -2.97. The van der Waals surface area contributed by atoms with Crippen molar-refractivity contribution in [3.63, 3.8) is 0 Å². The van der Waals surface area contributed by atoms with Gasteiger partial charge in [0.05, 0.1) is 22.5 Å². The third-order valence-corrected chi connectivity index (χ3v) is 5.56. The van der Waals surface area contributed by atoms with Crippen LogP contribution in [0.1, 0.15) is 33.3 Å². The minimum absolute atomic E-state index is 0.161. The zero-order chi connectivity index (χ0) is 20.6. The second kappa shape index (κ2) is 9.99. The number of esters is 1. The first-order valence-corrected chi connectivity index (χ1v) is 10.6. The molecule has 8 heteroatoms. The van der Waals surface area contributed by atoms with Crippen molar-refractivity contribution in [2.24, 2.45) is 0 Å². The van der Waals surface area contributed by atoms with Crippen LogP contribution >= 0.6 is 23.1 Å². The number of nitrogens with one attached hydrogen (secondary N) is 1. The summed E-state index contributed by atoms with van der Waals surface area (Å²) in [5.41, 5.74) is 3.96. The third-order valence-electron chi connectivity index (χ3n) is 3.88. The minimum Gasteiger partial charge on any atom is -0.452 e. The average molecular weight is 427 g/mol. The molecule has 0 unspecified atom stereocenters. The maximum absolute atomic E-state index is 12.2. The summed E-state index contributed by atoms with van der Waals surface area (Å²) in [6.45, 7) is 0.981. The van der Waals surface area contributed by atoms with Gasteiger partial charge in [-0.1, -0.05) is 12.1 Å². The zero-order valence-corrected chi connectivity index (χ0v) is 17.2. The van der Waals surface area contributed by atoms with Gasteiger partial charge in [-0.05, 0) is 43.3 Å². The van der Waals surface area contributed by atoms with Crippen molar-refractivity contribution in [2.75, 3.05) is 11.9 Å². The summed E-state index contributed by atoms with van der Waals surface area (Å²) in [4.78, 5) is 41.1. The number of thioether (sulfide) groups is 1. The van der Waals surface area contributed by atoms with Crippen molar-refractivity contribution in [1.82, 2.24) is 4.98 Å². The standard InChI is InChI=1S/C21H18N2O4S2/c1-14(24)18-4-2-3-5-19(18)23-20(25)10-27-21(26)15-6-8-17(9-7-15)29-12-16-11-28-13-22-16/h2-9,11,13H,10,12H2,1H3,(H,23,25). The predicted octanol–water partition coefficient (Wildman–Crippen LogP) is 4.43. The fraction of sp³-hybridized carbons (Fsp3) is 0.143. The molecule has 0 aliphatic rings. The van der Waals surface area contributed by atoms with E-state index in [0.29, 0.717) is 16.8 Å². The highest BCUT2D eigenvalue weighted by molar-refractivity contribution is 7.98. The number of ketones is 1. The van der Waals surface area contributed by atoms with Crippen LogP contribution in [0.15, 0.2) is 64.3 Å². The number of hydrogen-bond donors (Lipinski definition) is 1. The van der Waals surface area contributed by atoms with E-state index in [0.717, 1.165) is 16.3 Å². The van der Waals surface area contributed by atoms with Crippen LogP contribution < -0.4 is 5.32 Å². The number of aromatic nitrogens is 1. The highest BCUT2D eigenvalue weighted by Crippen LogP contribution is 2.23. The molecule has 0 spiro atoms. The number of thiazole rings is 1. The summed E-state index contributed by atoms with van der Waals surface area (Å²) in [6.07, 6.45) is 0. The van der Waals surface area contributed by atoms with E-state index in [1.54, 1.807) is 65.0 Å². The maximum Gasteiger partial charge on any atom is 0.338 e. The summed E-state index contributed by atoms with van der Waals surface area (Å²) in [5, 5.41) is 4.59. The molecule has 3 rings (SSSR count). The topological polar surface area (TPSA) is 85.4 Å². The highest BCUT2D eigenvalue weighted by atomic mass is 32.2. The SMILES string of the molecule is CC(=O)c1ccccc1NC(=O)COC(=O)c1ccc(SCc2cscn2)cc1. The number of para-hydroxylation sites is 1. The van der Waals surface area contributed by atoms with Gasteiger partial charge in [-0.25, -0.2) is 9.78 Å². The second-order valence-electron chi connectivity index (χ2n) is 6.02. The van der Waals surface area contributed by atoms with Gasteiger partial charge in [0.25, 0.3) is 5.91 Å². The smallest absolute Gasteiger partial charge is 0.338 e. The Kier molecular flexibility index (Phi) is 7.15. The number of nitrogens with zero attached hydrogens (tertiary/aromatic N) is 1. The first-order chi connectivity index (χ1) is 14.0. The molecule has 0 atom stereocenters. The van der Waals surface area contributed by atoms with Crippen LogP contribution in [0.25, 0.3) is 0 Å². The molecule has 1 N–H and O–H groups in total. The number of ether oxygens (including phenoxy) is 1.